The largest absolute Gasteiger partial charge is 0.465 e. The standard InChI is InChI=1S/C18H22BrN3O2/c1-2-24-18(23)13-21-8-3-9-22(11-10-21)17-6-7-20-16-5-4-14(19)12-15(16)17/h4-7,12H,2-3,8-11,13H2,1H3. The van der Waals surface area contributed by atoms with Gasteiger partial charge < -0.3 is 9.64 Å². The molecule has 1 fully saturated rings. The van der Waals surface area contributed by atoms with Crippen LogP contribution < -0.4 is 4.90 Å². The van der Waals surface area contributed by atoms with Crippen molar-refractivity contribution in [3.63, 3.8) is 0 Å². The molecular weight excluding hydrogens is 370 g/mol. The Morgan fingerprint density at radius 3 is 2.96 bits per heavy atom. The molecule has 0 aliphatic carbocycles. The smallest absolute Gasteiger partial charge is 0.320 e. The maximum Gasteiger partial charge on any atom is 0.320 e. The van der Waals surface area contributed by atoms with Crippen LogP contribution in [0.2, 0.25) is 0 Å². The number of halogens is 1. The average Bonchev–Trinajstić information content (AvgIpc) is 2.80. The third kappa shape index (κ3) is 4.05. The maximum absolute atomic E-state index is 11.7. The first-order valence-electron chi connectivity index (χ1n) is 8.34. The molecule has 6 heteroatoms. The minimum Gasteiger partial charge on any atom is -0.465 e. The van der Waals surface area contributed by atoms with Gasteiger partial charge in [0.25, 0.3) is 0 Å². The summed E-state index contributed by atoms with van der Waals surface area (Å²) in [7, 11) is 0. The van der Waals surface area contributed by atoms with E-state index >= 15 is 0 Å². The first kappa shape index (κ1) is 17.2. The van der Waals surface area contributed by atoms with Gasteiger partial charge >= 0.3 is 5.97 Å². The van der Waals surface area contributed by atoms with Crippen LogP contribution in [-0.2, 0) is 9.53 Å². The molecule has 0 amide bonds. The number of ether oxygens (including phenoxy) is 1. The second-order valence-corrected chi connectivity index (χ2v) is 6.83. The van der Waals surface area contributed by atoms with E-state index < -0.39 is 0 Å². The molecule has 0 N–H and O–H groups in total. The Bertz CT molecular complexity index is 722. The number of rotatable bonds is 4. The van der Waals surface area contributed by atoms with E-state index in [2.05, 4.69) is 42.8 Å². The van der Waals surface area contributed by atoms with E-state index in [-0.39, 0.29) is 5.97 Å². The number of anilines is 1. The Morgan fingerprint density at radius 1 is 1.25 bits per heavy atom. The van der Waals surface area contributed by atoms with Gasteiger partial charge in [-0.25, -0.2) is 0 Å². The fourth-order valence-corrected chi connectivity index (χ4v) is 3.50. The SMILES string of the molecule is CCOC(=O)CN1CCCN(c2ccnc3ccc(Br)cc23)CC1. The fourth-order valence-electron chi connectivity index (χ4n) is 3.14. The number of fused-ring (bicyclic) bond motifs is 1. The van der Waals surface area contributed by atoms with Crippen molar-refractivity contribution in [3.05, 3.63) is 34.9 Å². The lowest BCUT2D eigenvalue weighted by atomic mass is 10.1. The minimum absolute atomic E-state index is 0.135. The number of hydrogen-bond donors (Lipinski definition) is 0. The monoisotopic (exact) mass is 391 g/mol. The van der Waals surface area contributed by atoms with Gasteiger partial charge in [0.1, 0.15) is 0 Å². The number of carbonyl (C=O) groups excluding carboxylic acids is 1. The topological polar surface area (TPSA) is 45.7 Å². The number of benzene rings is 1. The molecule has 1 aromatic heterocycles. The zero-order chi connectivity index (χ0) is 16.9. The average molecular weight is 392 g/mol. The number of aromatic nitrogens is 1. The summed E-state index contributed by atoms with van der Waals surface area (Å²) in [6.45, 7) is 6.31. The van der Waals surface area contributed by atoms with Gasteiger partial charge in [0, 0.05) is 47.9 Å². The van der Waals surface area contributed by atoms with Crippen molar-refractivity contribution in [2.24, 2.45) is 0 Å². The molecule has 2 heterocycles. The summed E-state index contributed by atoms with van der Waals surface area (Å²) < 4.78 is 6.12. The molecule has 128 valence electrons. The van der Waals surface area contributed by atoms with Crippen molar-refractivity contribution >= 4 is 38.5 Å². The van der Waals surface area contributed by atoms with Crippen molar-refractivity contribution in [2.75, 3.05) is 44.2 Å². The normalized spacial score (nSPS) is 16.2. The van der Waals surface area contributed by atoms with Crippen LogP contribution >= 0.6 is 15.9 Å². The van der Waals surface area contributed by atoms with E-state index in [1.165, 1.54) is 5.69 Å². The van der Waals surface area contributed by atoms with Gasteiger partial charge in [0.05, 0.1) is 18.7 Å². The zero-order valence-corrected chi connectivity index (χ0v) is 15.5. The second kappa shape index (κ2) is 7.94. The highest BCUT2D eigenvalue weighted by Gasteiger charge is 2.19. The maximum atomic E-state index is 11.7. The van der Waals surface area contributed by atoms with Gasteiger partial charge in [-0.3, -0.25) is 14.7 Å². The summed E-state index contributed by atoms with van der Waals surface area (Å²) in [5.41, 5.74) is 2.21. The van der Waals surface area contributed by atoms with E-state index in [4.69, 9.17) is 4.74 Å². The third-order valence-corrected chi connectivity index (χ3v) is 4.76. The van der Waals surface area contributed by atoms with Crippen molar-refractivity contribution in [1.29, 1.82) is 0 Å². The molecule has 3 rings (SSSR count). The Kier molecular flexibility index (Phi) is 5.68. The van der Waals surface area contributed by atoms with Crippen LogP contribution in [0.25, 0.3) is 10.9 Å². The lowest BCUT2D eigenvalue weighted by Gasteiger charge is -2.24. The van der Waals surface area contributed by atoms with Crippen molar-refractivity contribution in [1.82, 2.24) is 9.88 Å². The van der Waals surface area contributed by atoms with Gasteiger partial charge in [-0.15, -0.1) is 0 Å². The molecule has 0 radical (unpaired) electrons. The quantitative estimate of drug-likeness (QED) is 0.749. The van der Waals surface area contributed by atoms with Crippen LogP contribution in [0.15, 0.2) is 34.9 Å². The number of hydrogen-bond acceptors (Lipinski definition) is 5. The molecule has 1 aliphatic rings. The lowest BCUT2D eigenvalue weighted by molar-refractivity contribution is -0.144. The molecule has 5 nitrogen and oxygen atoms in total. The van der Waals surface area contributed by atoms with Gasteiger partial charge in [-0.05, 0) is 37.6 Å². The summed E-state index contributed by atoms with van der Waals surface area (Å²) in [6.07, 6.45) is 2.89. The molecule has 1 saturated heterocycles. The van der Waals surface area contributed by atoms with E-state index in [0.717, 1.165) is 48.0 Å². The zero-order valence-electron chi connectivity index (χ0n) is 13.9. The number of esters is 1. The first-order chi connectivity index (χ1) is 11.7. The van der Waals surface area contributed by atoms with E-state index in [0.29, 0.717) is 13.2 Å². The fraction of sp³-hybridized carbons (Fsp3) is 0.444. The molecular formula is C18H22BrN3O2. The van der Waals surface area contributed by atoms with Crippen LogP contribution in [0, 0.1) is 0 Å². The van der Waals surface area contributed by atoms with Crippen LogP contribution in [-0.4, -0.2) is 55.2 Å². The molecule has 0 spiro atoms. The molecule has 0 bridgehead atoms. The van der Waals surface area contributed by atoms with Gasteiger partial charge in [-0.1, -0.05) is 15.9 Å². The summed E-state index contributed by atoms with van der Waals surface area (Å²) in [5.74, 6) is -0.135. The molecule has 1 aromatic carbocycles. The number of pyridine rings is 1. The van der Waals surface area contributed by atoms with E-state index in [1.807, 2.05) is 25.3 Å². The Labute approximate surface area is 150 Å². The Hall–Kier alpha value is -1.66. The predicted octanol–water partition coefficient (Wildman–Crippen LogP) is 3.07. The van der Waals surface area contributed by atoms with Crippen molar-refractivity contribution in [3.8, 4) is 0 Å². The Morgan fingerprint density at radius 2 is 2.12 bits per heavy atom. The van der Waals surface area contributed by atoms with Crippen LogP contribution in [0.3, 0.4) is 0 Å². The van der Waals surface area contributed by atoms with Crippen LogP contribution in [0.4, 0.5) is 5.69 Å². The molecule has 0 atom stereocenters. The van der Waals surface area contributed by atoms with E-state index in [1.54, 1.807) is 0 Å². The van der Waals surface area contributed by atoms with Crippen LogP contribution in [0.1, 0.15) is 13.3 Å². The lowest BCUT2D eigenvalue weighted by Crippen LogP contribution is -2.35. The molecule has 24 heavy (non-hydrogen) atoms. The highest BCUT2D eigenvalue weighted by Crippen LogP contribution is 2.28. The molecule has 2 aromatic rings. The van der Waals surface area contributed by atoms with Crippen LogP contribution in [0.5, 0.6) is 0 Å². The number of nitrogens with zero attached hydrogens (tertiary/aromatic N) is 3. The minimum atomic E-state index is -0.135. The second-order valence-electron chi connectivity index (χ2n) is 5.91. The summed E-state index contributed by atoms with van der Waals surface area (Å²) in [4.78, 5) is 20.7. The summed E-state index contributed by atoms with van der Waals surface area (Å²) in [5, 5.41) is 1.16. The Balaban J connectivity index is 1.75. The highest BCUT2D eigenvalue weighted by molar-refractivity contribution is 9.10. The highest BCUT2D eigenvalue weighted by atomic mass is 79.9. The molecule has 0 unspecified atom stereocenters. The van der Waals surface area contributed by atoms with E-state index in [9.17, 15) is 4.79 Å². The van der Waals surface area contributed by atoms with Gasteiger partial charge in [0.2, 0.25) is 0 Å². The third-order valence-electron chi connectivity index (χ3n) is 4.27. The summed E-state index contributed by atoms with van der Waals surface area (Å²) in [6, 6.07) is 8.26. The van der Waals surface area contributed by atoms with Crippen molar-refractivity contribution < 1.29 is 9.53 Å². The van der Waals surface area contributed by atoms with Gasteiger partial charge in [-0.2, -0.15) is 0 Å². The first-order valence-corrected chi connectivity index (χ1v) is 9.14. The summed E-state index contributed by atoms with van der Waals surface area (Å²) >= 11 is 3.55. The molecule has 1 aliphatic heterocycles. The predicted molar refractivity (Wildman–Crippen MR) is 99.3 cm³/mol. The van der Waals surface area contributed by atoms with Crippen molar-refractivity contribution in [2.45, 2.75) is 13.3 Å². The molecule has 0 saturated carbocycles. The number of carbonyl (C=O) groups is 1. The van der Waals surface area contributed by atoms with Gasteiger partial charge in [0.15, 0.2) is 0 Å².